The molecule has 3 aromatic rings. The van der Waals surface area contributed by atoms with Gasteiger partial charge in [0.05, 0.1) is 27.6 Å². The van der Waals surface area contributed by atoms with E-state index < -0.39 is 32.4 Å². The molecule has 184 valence electrons. The third-order valence-corrected chi connectivity index (χ3v) is 6.54. The minimum Gasteiger partial charge on any atom is -0.359 e. The molecule has 2 N–H and O–H groups in total. The van der Waals surface area contributed by atoms with E-state index in [4.69, 9.17) is 11.6 Å². The zero-order chi connectivity index (χ0) is 26.0. The number of likely N-dealkylation sites (N-methyl/N-ethyl adjacent to an activating group) is 1. The molecular weight excluding hydrogens is 507 g/mol. The number of anilines is 1. The van der Waals surface area contributed by atoms with Gasteiger partial charge in [-0.1, -0.05) is 35.9 Å². The summed E-state index contributed by atoms with van der Waals surface area (Å²) in [5, 5.41) is 2.46. The number of halogens is 4. The fraction of sp³-hybridized carbons (Fsp3) is 0.174. The Morgan fingerprint density at radius 1 is 1.09 bits per heavy atom. The molecule has 12 heteroatoms. The zero-order valence-corrected chi connectivity index (χ0v) is 20.0. The highest BCUT2D eigenvalue weighted by molar-refractivity contribution is 7.92. The quantitative estimate of drug-likeness (QED) is 0.445. The smallest absolute Gasteiger partial charge is 0.359 e. The van der Waals surface area contributed by atoms with Gasteiger partial charge in [-0.25, -0.2) is 13.4 Å². The molecule has 0 bridgehead atoms. The summed E-state index contributed by atoms with van der Waals surface area (Å²) in [6, 6.07) is 9.82. The van der Waals surface area contributed by atoms with E-state index in [-0.39, 0.29) is 39.9 Å². The highest BCUT2D eigenvalue weighted by atomic mass is 35.5. The topological polar surface area (TPSA) is 105 Å². The van der Waals surface area contributed by atoms with Crippen LogP contribution in [0.25, 0.3) is 0 Å². The van der Waals surface area contributed by atoms with Crippen molar-refractivity contribution in [2.24, 2.45) is 0 Å². The Kier molecular flexibility index (Phi) is 7.51. The van der Waals surface area contributed by atoms with Crippen molar-refractivity contribution in [2.45, 2.75) is 24.4 Å². The Bertz CT molecular complexity index is 1410. The first-order valence-electron chi connectivity index (χ1n) is 10.0. The lowest BCUT2D eigenvalue weighted by molar-refractivity contribution is -0.138. The van der Waals surface area contributed by atoms with Gasteiger partial charge in [0.25, 0.3) is 10.0 Å². The van der Waals surface area contributed by atoms with E-state index in [2.05, 4.69) is 15.0 Å². The number of carbonyl (C=O) groups excluding carboxylic acids is 2. The van der Waals surface area contributed by atoms with Crippen molar-refractivity contribution in [2.75, 3.05) is 11.8 Å². The first-order valence-corrected chi connectivity index (χ1v) is 11.9. The van der Waals surface area contributed by atoms with E-state index >= 15 is 0 Å². The molecule has 2 aromatic carbocycles. The Morgan fingerprint density at radius 3 is 2.46 bits per heavy atom. The average Bonchev–Trinajstić information content (AvgIpc) is 2.78. The summed E-state index contributed by atoms with van der Waals surface area (Å²) in [6.07, 6.45) is -3.61. The van der Waals surface area contributed by atoms with Gasteiger partial charge in [-0.05, 0) is 42.3 Å². The molecule has 0 radical (unpaired) electrons. The molecule has 0 atom stereocenters. The number of ketones is 1. The van der Waals surface area contributed by atoms with Crippen molar-refractivity contribution in [3.63, 3.8) is 0 Å². The Balaban J connectivity index is 2.00. The van der Waals surface area contributed by atoms with Crippen LogP contribution in [0.2, 0.25) is 5.02 Å². The number of nitrogens with zero attached hydrogens (tertiary/aromatic N) is 1. The molecule has 0 saturated carbocycles. The maximum absolute atomic E-state index is 13.3. The summed E-state index contributed by atoms with van der Waals surface area (Å²) in [4.78, 5) is 28.1. The van der Waals surface area contributed by atoms with Gasteiger partial charge in [0.15, 0.2) is 0 Å². The molecular formula is C23H19ClF3N3O4S. The zero-order valence-electron chi connectivity index (χ0n) is 18.4. The Morgan fingerprint density at radius 2 is 1.80 bits per heavy atom. The van der Waals surface area contributed by atoms with Crippen LogP contribution in [0.1, 0.15) is 32.7 Å². The fourth-order valence-corrected chi connectivity index (χ4v) is 4.45. The molecule has 1 amide bonds. The van der Waals surface area contributed by atoms with Gasteiger partial charge >= 0.3 is 6.18 Å². The molecule has 35 heavy (non-hydrogen) atoms. The summed E-state index contributed by atoms with van der Waals surface area (Å²) in [5.41, 5.74) is -1.23. The van der Waals surface area contributed by atoms with Gasteiger partial charge in [0, 0.05) is 18.8 Å². The number of carbonyl (C=O) groups is 2. The van der Waals surface area contributed by atoms with Gasteiger partial charge in [-0.15, -0.1) is 0 Å². The molecule has 3 rings (SSSR count). The highest BCUT2D eigenvalue weighted by Gasteiger charge is 2.34. The number of aryl methyl sites for hydroxylation is 1. The molecule has 7 nitrogen and oxygen atoms in total. The lowest BCUT2D eigenvalue weighted by Crippen LogP contribution is -2.20. The van der Waals surface area contributed by atoms with Crippen LogP contribution < -0.4 is 10.0 Å². The summed E-state index contributed by atoms with van der Waals surface area (Å²) in [6.45, 7) is 1.21. The molecule has 1 heterocycles. The fourth-order valence-electron chi connectivity index (χ4n) is 3.21. The first kappa shape index (κ1) is 26.2. The Hall–Kier alpha value is -3.44. The molecule has 0 fully saturated rings. The lowest BCUT2D eigenvalue weighted by atomic mass is 10.0. The number of nitrogens with one attached hydrogen (secondary N) is 2. The largest absolute Gasteiger partial charge is 0.416 e. The number of hydrogen-bond acceptors (Lipinski definition) is 5. The molecule has 0 saturated heterocycles. The number of pyridine rings is 1. The maximum Gasteiger partial charge on any atom is 0.416 e. The van der Waals surface area contributed by atoms with Crippen molar-refractivity contribution in [1.82, 2.24) is 10.3 Å². The maximum atomic E-state index is 13.3. The second-order valence-electron chi connectivity index (χ2n) is 7.51. The highest BCUT2D eigenvalue weighted by Crippen LogP contribution is 2.34. The van der Waals surface area contributed by atoms with Gasteiger partial charge in [-0.2, -0.15) is 13.2 Å². The minimum atomic E-state index is -4.76. The van der Waals surface area contributed by atoms with E-state index in [0.29, 0.717) is 11.6 Å². The van der Waals surface area contributed by atoms with E-state index in [1.165, 1.54) is 26.1 Å². The monoisotopic (exact) mass is 525 g/mol. The summed E-state index contributed by atoms with van der Waals surface area (Å²) in [7, 11) is -3.08. The van der Waals surface area contributed by atoms with Crippen LogP contribution in [0.15, 0.2) is 59.6 Å². The van der Waals surface area contributed by atoms with Crippen LogP contribution in [0.4, 0.5) is 18.9 Å². The summed E-state index contributed by atoms with van der Waals surface area (Å²) in [5.74, 6) is -0.956. The molecule has 0 aliphatic heterocycles. The summed E-state index contributed by atoms with van der Waals surface area (Å²) < 4.78 is 67.8. The predicted molar refractivity (Wildman–Crippen MR) is 124 cm³/mol. The van der Waals surface area contributed by atoms with Crippen LogP contribution >= 0.6 is 11.6 Å². The second-order valence-corrected chi connectivity index (χ2v) is 9.63. The lowest BCUT2D eigenvalue weighted by Gasteiger charge is -2.15. The van der Waals surface area contributed by atoms with E-state index in [0.717, 1.165) is 24.4 Å². The van der Waals surface area contributed by atoms with Gasteiger partial charge in [0.2, 0.25) is 11.7 Å². The van der Waals surface area contributed by atoms with Crippen LogP contribution in [-0.4, -0.2) is 32.1 Å². The number of sulfonamides is 1. The number of amides is 1. The van der Waals surface area contributed by atoms with Crippen molar-refractivity contribution in [3.8, 4) is 0 Å². The third-order valence-electron chi connectivity index (χ3n) is 4.97. The SMILES string of the molecule is CNC(=O)Cc1cccc(C(=O)c2ncc(Cl)cc2NS(=O)(=O)c2ccc(C)c(C(F)(F)F)c2)c1. The van der Waals surface area contributed by atoms with Crippen molar-refractivity contribution in [3.05, 3.63) is 87.7 Å². The van der Waals surface area contributed by atoms with Gasteiger partial charge < -0.3 is 5.32 Å². The van der Waals surface area contributed by atoms with Crippen LogP contribution in [0.5, 0.6) is 0 Å². The van der Waals surface area contributed by atoms with Crippen molar-refractivity contribution < 1.29 is 31.2 Å². The van der Waals surface area contributed by atoms with E-state index in [1.807, 2.05) is 0 Å². The van der Waals surface area contributed by atoms with Crippen molar-refractivity contribution in [1.29, 1.82) is 0 Å². The third kappa shape index (κ3) is 6.17. The average molecular weight is 526 g/mol. The molecule has 0 spiro atoms. The van der Waals surface area contributed by atoms with Crippen molar-refractivity contribution >= 4 is 39.0 Å². The number of hydrogen-bond donors (Lipinski definition) is 2. The number of aromatic nitrogens is 1. The Labute approximate surface area is 204 Å². The number of benzene rings is 2. The van der Waals surface area contributed by atoms with Crippen LogP contribution in [0.3, 0.4) is 0 Å². The minimum absolute atomic E-state index is 0.00694. The van der Waals surface area contributed by atoms with Gasteiger partial charge in [-0.3, -0.25) is 14.3 Å². The first-order chi connectivity index (χ1) is 16.3. The molecule has 1 aromatic heterocycles. The van der Waals surface area contributed by atoms with E-state index in [1.54, 1.807) is 12.1 Å². The second kappa shape index (κ2) is 10.0. The predicted octanol–water partition coefficient (Wildman–Crippen LogP) is 4.38. The van der Waals surface area contributed by atoms with Crippen LogP contribution in [-0.2, 0) is 27.4 Å². The number of rotatable bonds is 7. The van der Waals surface area contributed by atoms with Crippen LogP contribution in [0, 0.1) is 6.92 Å². The van der Waals surface area contributed by atoms with E-state index in [9.17, 15) is 31.2 Å². The summed E-state index contributed by atoms with van der Waals surface area (Å²) >= 11 is 5.94. The van der Waals surface area contributed by atoms with Gasteiger partial charge in [0.1, 0.15) is 5.69 Å². The standard InChI is InChI=1S/C23H19ClF3N3O4S/c1-13-6-7-17(11-18(13)23(25,26)27)35(33,34)30-19-10-16(24)12-29-21(19)22(32)15-5-3-4-14(8-15)9-20(31)28-2/h3-8,10-12,30H,9H2,1-2H3,(H,28,31). The normalized spacial score (nSPS) is 11.7. The molecule has 0 unspecified atom stereocenters. The molecule has 0 aliphatic carbocycles. The number of alkyl halides is 3. The molecule has 0 aliphatic rings.